The van der Waals surface area contributed by atoms with Crippen LogP contribution in [0.4, 0.5) is 0 Å². The Balaban J connectivity index is 0.842. The molecule has 0 unspecified atom stereocenters. The van der Waals surface area contributed by atoms with E-state index in [1.807, 2.05) is 42.6 Å². The topological polar surface area (TPSA) is 70.1 Å². The van der Waals surface area contributed by atoms with Crippen molar-refractivity contribution in [1.82, 2.24) is 14.5 Å². The number of fused-ring (bicyclic) bond motifs is 12. The smallest absolute Gasteiger partial charge is 0.161 e. The van der Waals surface area contributed by atoms with E-state index in [1.54, 1.807) is 12.4 Å². The summed E-state index contributed by atoms with van der Waals surface area (Å²) in [5.74, 6) is 0. The molecule has 9 aromatic carbocycles. The molecule has 0 bridgehead atoms. The predicted molar refractivity (Wildman–Crippen MR) is 285 cm³/mol. The van der Waals surface area contributed by atoms with E-state index in [1.165, 1.54) is 10.8 Å². The van der Waals surface area contributed by atoms with E-state index in [-0.39, 0.29) is 0 Å². The van der Waals surface area contributed by atoms with E-state index >= 15 is 0 Å². The van der Waals surface area contributed by atoms with Crippen LogP contribution in [0.15, 0.2) is 238 Å². The average molecular weight is 896 g/mol. The zero-order valence-corrected chi connectivity index (χ0v) is 37.4. The number of benzene rings is 9. The summed E-state index contributed by atoms with van der Waals surface area (Å²) in [6.07, 6.45) is 5.42. The summed E-state index contributed by atoms with van der Waals surface area (Å²) in [6.45, 7) is 0. The molecular formula is C64H37N3O3. The van der Waals surface area contributed by atoms with Crippen LogP contribution in [-0.4, -0.2) is 14.5 Å². The van der Waals surface area contributed by atoms with E-state index in [4.69, 9.17) is 18.2 Å². The molecule has 0 aliphatic rings. The van der Waals surface area contributed by atoms with Gasteiger partial charge < -0.3 is 17.8 Å². The van der Waals surface area contributed by atoms with Gasteiger partial charge in [0.1, 0.15) is 28.0 Å². The van der Waals surface area contributed by atoms with Gasteiger partial charge in [0, 0.05) is 77.9 Å². The Morgan fingerprint density at radius 2 is 0.771 bits per heavy atom. The maximum atomic E-state index is 6.42. The summed E-state index contributed by atoms with van der Waals surface area (Å²) in [6, 6.07) is 73.4. The molecule has 0 saturated heterocycles. The number of aromatic nitrogens is 3. The van der Waals surface area contributed by atoms with Gasteiger partial charge in [0.25, 0.3) is 0 Å². The zero-order chi connectivity index (χ0) is 45.9. The van der Waals surface area contributed by atoms with Crippen LogP contribution in [0.2, 0.25) is 0 Å². The number of furan rings is 3. The van der Waals surface area contributed by atoms with Crippen LogP contribution >= 0.6 is 0 Å². The predicted octanol–water partition coefficient (Wildman–Crippen LogP) is 17.6. The number of para-hydroxylation sites is 4. The van der Waals surface area contributed by atoms with Crippen LogP contribution in [0.5, 0.6) is 0 Å². The van der Waals surface area contributed by atoms with Gasteiger partial charge in [-0.1, -0.05) is 146 Å². The van der Waals surface area contributed by atoms with Crippen LogP contribution < -0.4 is 0 Å². The fourth-order valence-corrected chi connectivity index (χ4v) is 10.8. The lowest BCUT2D eigenvalue weighted by atomic mass is 9.97. The SMILES string of the molecule is c1ccc2c(c1)oc1c(-c3ccc(-c4ccc5c(c4)c4cc(-c6ccc(-c7cccc8c7oc7ccccc78)cc6)ccc4n5-c4ccc(-c5nccc6c5oc5cnccc56)cc4)cc3)cccc12. The molecule has 0 amide bonds. The maximum absolute atomic E-state index is 6.42. The fraction of sp³-hybridized carbons (Fsp3) is 0. The molecule has 0 fully saturated rings. The second kappa shape index (κ2) is 15.0. The highest BCUT2D eigenvalue weighted by Gasteiger charge is 2.19. The minimum absolute atomic E-state index is 0.750. The Kier molecular flexibility index (Phi) is 8.26. The van der Waals surface area contributed by atoms with Gasteiger partial charge in [-0.25, -0.2) is 0 Å². The molecule has 0 aliphatic carbocycles. The largest absolute Gasteiger partial charge is 0.455 e. The number of pyridine rings is 2. The first-order chi connectivity index (χ1) is 34.7. The van der Waals surface area contributed by atoms with Crippen molar-refractivity contribution in [2.75, 3.05) is 0 Å². The molecule has 6 aromatic heterocycles. The summed E-state index contributed by atoms with van der Waals surface area (Å²) in [5, 5.41) is 8.91. The first kappa shape index (κ1) is 38.6. The second-order valence-electron chi connectivity index (χ2n) is 18.1. The van der Waals surface area contributed by atoms with Gasteiger partial charge >= 0.3 is 0 Å². The third-order valence-electron chi connectivity index (χ3n) is 14.2. The molecule has 6 heterocycles. The van der Waals surface area contributed by atoms with E-state index in [2.05, 4.69) is 179 Å². The van der Waals surface area contributed by atoms with Crippen molar-refractivity contribution >= 4 is 87.6 Å². The van der Waals surface area contributed by atoms with Gasteiger partial charge in [-0.15, -0.1) is 0 Å². The molecule has 6 heteroatoms. The summed E-state index contributed by atoms with van der Waals surface area (Å²) >= 11 is 0. The Morgan fingerprint density at radius 3 is 1.36 bits per heavy atom. The summed E-state index contributed by atoms with van der Waals surface area (Å²) in [4.78, 5) is 9.08. The third-order valence-corrected chi connectivity index (χ3v) is 14.2. The van der Waals surface area contributed by atoms with Gasteiger partial charge in [-0.05, 0) is 94.0 Å². The quantitative estimate of drug-likeness (QED) is 0.166. The first-order valence-electron chi connectivity index (χ1n) is 23.5. The van der Waals surface area contributed by atoms with Gasteiger partial charge in [-0.3, -0.25) is 9.97 Å². The number of hydrogen-bond acceptors (Lipinski definition) is 5. The van der Waals surface area contributed by atoms with Crippen molar-refractivity contribution in [3.8, 4) is 61.5 Å². The molecule has 15 aromatic rings. The van der Waals surface area contributed by atoms with Crippen molar-refractivity contribution < 1.29 is 13.3 Å². The molecule has 70 heavy (non-hydrogen) atoms. The van der Waals surface area contributed by atoms with Crippen LogP contribution in [0.1, 0.15) is 0 Å². The minimum Gasteiger partial charge on any atom is -0.455 e. The molecule has 0 atom stereocenters. The highest BCUT2D eigenvalue weighted by Crippen LogP contribution is 2.42. The lowest BCUT2D eigenvalue weighted by Crippen LogP contribution is -1.94. The molecular weight excluding hydrogens is 859 g/mol. The van der Waals surface area contributed by atoms with E-state index in [0.717, 1.165) is 138 Å². The molecule has 0 radical (unpaired) electrons. The molecule has 0 saturated carbocycles. The van der Waals surface area contributed by atoms with Crippen LogP contribution in [0.25, 0.3) is 149 Å². The van der Waals surface area contributed by atoms with Gasteiger partial charge in [-0.2, -0.15) is 0 Å². The van der Waals surface area contributed by atoms with Crippen LogP contribution in [0, 0.1) is 0 Å². The highest BCUT2D eigenvalue weighted by atomic mass is 16.3. The summed E-state index contributed by atoms with van der Waals surface area (Å²) in [7, 11) is 0. The lowest BCUT2D eigenvalue weighted by molar-refractivity contribution is 0.666. The Hall–Kier alpha value is -9.52. The normalized spacial score (nSPS) is 12.0. The molecule has 15 rings (SSSR count). The summed E-state index contributed by atoms with van der Waals surface area (Å²) < 4.78 is 21.5. The number of rotatable bonds is 6. The Morgan fingerprint density at radius 1 is 0.314 bits per heavy atom. The van der Waals surface area contributed by atoms with Crippen molar-refractivity contribution in [2.24, 2.45) is 0 Å². The molecule has 0 spiro atoms. The van der Waals surface area contributed by atoms with Crippen molar-refractivity contribution in [1.29, 1.82) is 0 Å². The maximum Gasteiger partial charge on any atom is 0.161 e. The van der Waals surface area contributed by atoms with Crippen molar-refractivity contribution in [2.45, 2.75) is 0 Å². The van der Waals surface area contributed by atoms with Crippen LogP contribution in [-0.2, 0) is 0 Å². The van der Waals surface area contributed by atoms with E-state index in [9.17, 15) is 0 Å². The zero-order valence-electron chi connectivity index (χ0n) is 37.4. The highest BCUT2D eigenvalue weighted by molar-refractivity contribution is 6.14. The van der Waals surface area contributed by atoms with Crippen molar-refractivity contribution in [3.05, 3.63) is 225 Å². The number of nitrogens with zero attached hydrogens (tertiary/aromatic N) is 3. The van der Waals surface area contributed by atoms with Crippen LogP contribution in [0.3, 0.4) is 0 Å². The van der Waals surface area contributed by atoms with Crippen molar-refractivity contribution in [3.63, 3.8) is 0 Å². The van der Waals surface area contributed by atoms with E-state index < -0.39 is 0 Å². The monoisotopic (exact) mass is 895 g/mol. The third kappa shape index (κ3) is 5.87. The lowest BCUT2D eigenvalue weighted by Gasteiger charge is -2.10. The second-order valence-corrected chi connectivity index (χ2v) is 18.1. The molecule has 0 aliphatic heterocycles. The molecule has 0 N–H and O–H groups in total. The molecule has 6 nitrogen and oxygen atoms in total. The standard InChI is InChI=1S/C64H37N3O3/c1-3-13-58-48(7-1)51-11-5-9-46(62(51)68-58)40-19-15-38(16-20-40)43-25-29-56-54(35-43)55-36-44(39-17-21-41(22-18-39)47-10-6-12-52-49-8-2-4-14-59(49)69-63(47)52)26-30-57(55)67(56)45-27-23-42(24-28-45)61-64-53(32-34-66-61)50-31-33-65-37-60(50)70-64/h1-37H. The van der Waals surface area contributed by atoms with E-state index in [0.29, 0.717) is 0 Å². The average Bonchev–Trinajstić information content (AvgIpc) is 4.20. The Bertz CT molecular complexity index is 4360. The van der Waals surface area contributed by atoms with Gasteiger partial charge in [0.05, 0.1) is 17.2 Å². The summed E-state index contributed by atoms with van der Waals surface area (Å²) in [5.41, 5.74) is 19.2. The molecule has 326 valence electrons. The minimum atomic E-state index is 0.750. The van der Waals surface area contributed by atoms with Gasteiger partial charge in [0.15, 0.2) is 11.2 Å². The number of hydrogen-bond donors (Lipinski definition) is 0. The van der Waals surface area contributed by atoms with Gasteiger partial charge in [0.2, 0.25) is 0 Å². The Labute approximate surface area is 399 Å². The fourth-order valence-electron chi connectivity index (χ4n) is 10.8. The first-order valence-corrected chi connectivity index (χ1v) is 23.5.